The molecule has 3 heterocycles. The zero-order chi connectivity index (χ0) is 20.5. The molecule has 1 unspecified atom stereocenters. The second-order valence-corrected chi connectivity index (χ2v) is 7.46. The van der Waals surface area contributed by atoms with Gasteiger partial charge in [-0.05, 0) is 23.8 Å². The number of rotatable bonds is 5. The van der Waals surface area contributed by atoms with Crippen molar-refractivity contribution in [1.29, 1.82) is 0 Å². The van der Waals surface area contributed by atoms with Gasteiger partial charge in [-0.2, -0.15) is 5.10 Å². The van der Waals surface area contributed by atoms with Crippen LogP contribution in [0.3, 0.4) is 0 Å². The highest BCUT2D eigenvalue weighted by Crippen LogP contribution is 2.31. The predicted molar refractivity (Wildman–Crippen MR) is 114 cm³/mol. The number of nitrogens with one attached hydrogen (secondary N) is 1. The largest absolute Gasteiger partial charge is 0.486 e. The highest BCUT2D eigenvalue weighted by molar-refractivity contribution is 5.95. The third-order valence-corrected chi connectivity index (χ3v) is 5.21. The third kappa shape index (κ3) is 3.61. The van der Waals surface area contributed by atoms with Crippen molar-refractivity contribution in [3.63, 3.8) is 0 Å². The monoisotopic (exact) mass is 402 g/mol. The van der Waals surface area contributed by atoms with Crippen molar-refractivity contribution in [1.82, 2.24) is 14.3 Å². The topological polar surface area (TPSA) is 70.3 Å². The van der Waals surface area contributed by atoms with Gasteiger partial charge in [0.15, 0.2) is 17.6 Å². The molecule has 0 radical (unpaired) electrons. The van der Waals surface area contributed by atoms with Gasteiger partial charge in [0.1, 0.15) is 6.61 Å². The van der Waals surface area contributed by atoms with Crippen LogP contribution in [0.15, 0.2) is 67.1 Å². The summed E-state index contributed by atoms with van der Waals surface area (Å²) in [5.74, 6) is 1.43. The number of hydrogen-bond donors (Lipinski definition) is 1. The van der Waals surface area contributed by atoms with Gasteiger partial charge in [-0.1, -0.05) is 30.3 Å². The van der Waals surface area contributed by atoms with Crippen LogP contribution in [0.1, 0.15) is 5.56 Å². The van der Waals surface area contributed by atoms with Crippen LogP contribution in [0.4, 0.5) is 5.69 Å². The summed E-state index contributed by atoms with van der Waals surface area (Å²) < 4.78 is 15.5. The van der Waals surface area contributed by atoms with Crippen LogP contribution in [-0.2, 0) is 24.8 Å². The molecule has 2 aromatic heterocycles. The van der Waals surface area contributed by atoms with Crippen molar-refractivity contribution in [3.8, 4) is 11.5 Å². The van der Waals surface area contributed by atoms with E-state index < -0.39 is 0 Å². The molecule has 0 aliphatic carbocycles. The van der Waals surface area contributed by atoms with Crippen molar-refractivity contribution in [2.45, 2.75) is 19.1 Å². The smallest absolute Gasteiger partial charge is 0.228 e. The Balaban J connectivity index is 1.21. The summed E-state index contributed by atoms with van der Waals surface area (Å²) >= 11 is 0. The molecule has 7 nitrogen and oxygen atoms in total. The molecule has 4 aromatic rings. The maximum absolute atomic E-state index is 12.6. The fourth-order valence-corrected chi connectivity index (χ4v) is 3.83. The molecular weight excluding hydrogens is 380 g/mol. The molecule has 5 rings (SSSR count). The molecule has 0 spiro atoms. The highest BCUT2D eigenvalue weighted by Gasteiger charge is 2.21. The van der Waals surface area contributed by atoms with Gasteiger partial charge in [-0.25, -0.2) is 0 Å². The quantitative estimate of drug-likeness (QED) is 0.556. The van der Waals surface area contributed by atoms with E-state index in [1.807, 2.05) is 66.5 Å². The zero-order valence-corrected chi connectivity index (χ0v) is 16.6. The van der Waals surface area contributed by atoms with Crippen LogP contribution in [0.5, 0.6) is 11.5 Å². The van der Waals surface area contributed by atoms with E-state index in [4.69, 9.17) is 9.47 Å². The van der Waals surface area contributed by atoms with Gasteiger partial charge in [0.05, 0.1) is 24.8 Å². The fraction of sp³-hybridized carbons (Fsp3) is 0.217. The molecule has 1 aliphatic heterocycles. The van der Waals surface area contributed by atoms with E-state index in [2.05, 4.69) is 16.5 Å². The number of aryl methyl sites for hydroxylation is 1. The minimum Gasteiger partial charge on any atom is -0.486 e. The Bertz CT molecular complexity index is 1210. The Morgan fingerprint density at radius 2 is 1.93 bits per heavy atom. The summed E-state index contributed by atoms with van der Waals surface area (Å²) in [4.78, 5) is 12.6. The average Bonchev–Trinajstić information content (AvgIpc) is 3.32. The highest BCUT2D eigenvalue weighted by atomic mass is 16.6. The van der Waals surface area contributed by atoms with Gasteiger partial charge in [-0.3, -0.25) is 9.48 Å². The van der Waals surface area contributed by atoms with E-state index in [9.17, 15) is 4.79 Å². The molecule has 0 saturated heterocycles. The maximum atomic E-state index is 12.6. The Hall–Kier alpha value is -3.74. The predicted octanol–water partition coefficient (Wildman–Crippen LogP) is 3.40. The molecule has 152 valence electrons. The van der Waals surface area contributed by atoms with Crippen molar-refractivity contribution in [2.75, 3.05) is 11.9 Å². The van der Waals surface area contributed by atoms with E-state index in [0.717, 1.165) is 28.0 Å². The summed E-state index contributed by atoms with van der Waals surface area (Å²) in [5, 5.41) is 8.37. The number of para-hydroxylation sites is 3. The summed E-state index contributed by atoms with van der Waals surface area (Å²) in [6.45, 7) is 0.993. The standard InChI is InChI=1S/C23H22N4O3/c1-26-12-16(19-6-2-3-7-20(19)26)10-23(28)25-17-11-24-27(13-17)14-18-15-29-21-8-4-5-9-22(21)30-18/h2-9,11-13,18H,10,14-15H2,1H3,(H,25,28). The number of carbonyl (C=O) groups excluding carboxylic acids is 1. The van der Waals surface area contributed by atoms with E-state index in [-0.39, 0.29) is 12.0 Å². The van der Waals surface area contributed by atoms with Gasteiger partial charge in [0.2, 0.25) is 5.91 Å². The normalized spacial score (nSPS) is 15.3. The lowest BCUT2D eigenvalue weighted by molar-refractivity contribution is -0.115. The molecule has 7 heteroatoms. The first-order valence-electron chi connectivity index (χ1n) is 9.89. The second-order valence-electron chi connectivity index (χ2n) is 7.46. The Morgan fingerprint density at radius 3 is 2.83 bits per heavy atom. The van der Waals surface area contributed by atoms with Gasteiger partial charge in [0, 0.05) is 30.3 Å². The number of hydrogen-bond acceptors (Lipinski definition) is 4. The fourth-order valence-electron chi connectivity index (χ4n) is 3.83. The minimum absolute atomic E-state index is 0.0721. The minimum atomic E-state index is -0.140. The van der Waals surface area contributed by atoms with Gasteiger partial charge in [0.25, 0.3) is 0 Å². The average molecular weight is 402 g/mol. The summed E-state index contributed by atoms with van der Waals surface area (Å²) in [7, 11) is 1.99. The Labute approximate surface area is 173 Å². The van der Waals surface area contributed by atoms with Gasteiger partial charge in [-0.15, -0.1) is 0 Å². The van der Waals surface area contributed by atoms with E-state index >= 15 is 0 Å². The summed E-state index contributed by atoms with van der Waals surface area (Å²) in [5.41, 5.74) is 2.78. The Morgan fingerprint density at radius 1 is 1.13 bits per heavy atom. The summed E-state index contributed by atoms with van der Waals surface area (Å²) in [6.07, 6.45) is 5.64. The molecule has 0 saturated carbocycles. The van der Waals surface area contributed by atoms with Crippen LogP contribution in [-0.4, -0.2) is 33.0 Å². The number of benzene rings is 2. The zero-order valence-electron chi connectivity index (χ0n) is 16.6. The first kappa shape index (κ1) is 18.3. The van der Waals surface area contributed by atoms with Crippen molar-refractivity contribution in [3.05, 3.63) is 72.7 Å². The Kier molecular flexibility index (Phi) is 4.63. The van der Waals surface area contributed by atoms with E-state index in [1.54, 1.807) is 10.9 Å². The van der Waals surface area contributed by atoms with Crippen molar-refractivity contribution >= 4 is 22.5 Å². The first-order chi connectivity index (χ1) is 14.7. The van der Waals surface area contributed by atoms with Crippen LogP contribution < -0.4 is 14.8 Å². The van der Waals surface area contributed by atoms with Crippen LogP contribution >= 0.6 is 0 Å². The lowest BCUT2D eigenvalue weighted by Gasteiger charge is -2.26. The van der Waals surface area contributed by atoms with E-state index in [1.165, 1.54) is 0 Å². The number of fused-ring (bicyclic) bond motifs is 2. The number of nitrogens with zero attached hydrogens (tertiary/aromatic N) is 3. The van der Waals surface area contributed by atoms with Crippen molar-refractivity contribution < 1.29 is 14.3 Å². The number of carbonyl (C=O) groups is 1. The van der Waals surface area contributed by atoms with Gasteiger partial charge < -0.3 is 19.4 Å². The molecule has 1 atom stereocenters. The molecular formula is C23H22N4O3. The summed E-state index contributed by atoms with van der Waals surface area (Å²) in [6, 6.07) is 15.7. The van der Waals surface area contributed by atoms with E-state index in [0.29, 0.717) is 25.3 Å². The van der Waals surface area contributed by atoms with Crippen LogP contribution in [0.25, 0.3) is 10.9 Å². The molecule has 2 aromatic carbocycles. The van der Waals surface area contributed by atoms with Crippen LogP contribution in [0.2, 0.25) is 0 Å². The molecule has 1 aliphatic rings. The number of ether oxygens (including phenoxy) is 2. The second kappa shape index (κ2) is 7.59. The lowest BCUT2D eigenvalue weighted by atomic mass is 10.1. The maximum Gasteiger partial charge on any atom is 0.228 e. The number of aromatic nitrogens is 3. The molecule has 30 heavy (non-hydrogen) atoms. The SMILES string of the molecule is Cn1cc(CC(=O)Nc2cnn(CC3COc4ccccc4O3)c2)c2ccccc21. The van der Waals surface area contributed by atoms with Gasteiger partial charge >= 0.3 is 0 Å². The van der Waals surface area contributed by atoms with Crippen molar-refractivity contribution in [2.24, 2.45) is 7.05 Å². The molecule has 0 fully saturated rings. The molecule has 0 bridgehead atoms. The third-order valence-electron chi connectivity index (χ3n) is 5.21. The first-order valence-corrected chi connectivity index (χ1v) is 9.89. The van der Waals surface area contributed by atoms with Crippen LogP contribution in [0, 0.1) is 0 Å². The molecule has 1 N–H and O–H groups in total. The number of anilines is 1. The number of amides is 1. The lowest BCUT2D eigenvalue weighted by Crippen LogP contribution is -2.33. The molecule has 1 amide bonds.